The number of halogens is 1. The first-order chi connectivity index (χ1) is 14.9. The van der Waals surface area contributed by atoms with Gasteiger partial charge in [-0.3, -0.25) is 9.59 Å². The van der Waals surface area contributed by atoms with Gasteiger partial charge in [-0.25, -0.2) is 4.39 Å². The molecule has 2 amide bonds. The molecule has 2 heterocycles. The number of carbonyl (C=O) groups excluding carboxylic acids is 2. The van der Waals surface area contributed by atoms with Gasteiger partial charge in [-0.2, -0.15) is 0 Å². The highest BCUT2D eigenvalue weighted by molar-refractivity contribution is 5.94. The molecule has 0 unspecified atom stereocenters. The smallest absolute Gasteiger partial charge is 0.256 e. The van der Waals surface area contributed by atoms with Crippen molar-refractivity contribution in [2.24, 2.45) is 0 Å². The van der Waals surface area contributed by atoms with Gasteiger partial charge >= 0.3 is 0 Å². The molecule has 1 saturated heterocycles. The minimum Gasteiger partial charge on any atom is -0.487 e. The lowest BCUT2D eigenvalue weighted by Crippen LogP contribution is -2.52. The largest absolute Gasteiger partial charge is 0.487 e. The predicted molar refractivity (Wildman–Crippen MR) is 117 cm³/mol. The van der Waals surface area contributed by atoms with Crippen molar-refractivity contribution in [1.29, 1.82) is 0 Å². The third-order valence-corrected chi connectivity index (χ3v) is 6.25. The van der Waals surface area contributed by atoms with E-state index in [9.17, 15) is 14.0 Å². The standard InChI is InChI=1S/C25H29FN2O3/c1-17(2)27-23(29)15-18-16-25(31-22-10-6-4-7-19(18)22)11-13-28(14-12-25)24(30)20-8-3-5-9-21(20)26/h3-10,17-18H,11-16H2,1-2H3,(H,27,29)/t18-/m0/s1. The molecule has 2 aliphatic rings. The molecule has 6 heteroatoms. The summed E-state index contributed by atoms with van der Waals surface area (Å²) < 4.78 is 20.5. The molecular formula is C25H29FN2O3. The van der Waals surface area contributed by atoms with E-state index >= 15 is 0 Å². The Balaban J connectivity index is 1.49. The summed E-state index contributed by atoms with van der Waals surface area (Å²) in [7, 11) is 0. The third-order valence-electron chi connectivity index (χ3n) is 6.25. The second-order valence-corrected chi connectivity index (χ2v) is 8.92. The van der Waals surface area contributed by atoms with Gasteiger partial charge < -0.3 is 15.0 Å². The van der Waals surface area contributed by atoms with Crippen LogP contribution in [0.1, 0.15) is 61.4 Å². The molecule has 1 spiro atoms. The van der Waals surface area contributed by atoms with Crippen molar-refractivity contribution in [2.45, 2.75) is 57.1 Å². The number of para-hydroxylation sites is 1. The molecule has 0 aromatic heterocycles. The number of amides is 2. The lowest BCUT2D eigenvalue weighted by Gasteiger charge is -2.47. The van der Waals surface area contributed by atoms with Gasteiger partial charge in [-0.05, 0) is 44.0 Å². The van der Waals surface area contributed by atoms with Gasteiger partial charge in [-0.1, -0.05) is 30.3 Å². The zero-order valence-electron chi connectivity index (χ0n) is 18.1. The summed E-state index contributed by atoms with van der Waals surface area (Å²) in [5.41, 5.74) is 0.761. The zero-order chi connectivity index (χ0) is 22.0. The maximum absolute atomic E-state index is 14.1. The molecule has 0 aliphatic carbocycles. The van der Waals surface area contributed by atoms with Gasteiger partial charge in [-0.15, -0.1) is 0 Å². The topological polar surface area (TPSA) is 58.6 Å². The molecule has 4 rings (SSSR count). The molecule has 2 aliphatic heterocycles. The Kier molecular flexibility index (Phi) is 5.99. The fourth-order valence-electron chi connectivity index (χ4n) is 4.76. The van der Waals surface area contributed by atoms with Crippen molar-refractivity contribution >= 4 is 11.8 Å². The fraction of sp³-hybridized carbons (Fsp3) is 0.440. The maximum atomic E-state index is 14.1. The van der Waals surface area contributed by atoms with Crippen LogP contribution in [0.2, 0.25) is 0 Å². The van der Waals surface area contributed by atoms with E-state index in [0.29, 0.717) is 32.4 Å². The van der Waals surface area contributed by atoms with Crippen molar-refractivity contribution in [3.63, 3.8) is 0 Å². The van der Waals surface area contributed by atoms with Gasteiger partial charge in [0.1, 0.15) is 17.2 Å². The molecule has 5 nitrogen and oxygen atoms in total. The van der Waals surface area contributed by atoms with Crippen LogP contribution in [0.3, 0.4) is 0 Å². The van der Waals surface area contributed by atoms with E-state index in [1.807, 2.05) is 38.1 Å². The monoisotopic (exact) mass is 424 g/mol. The molecule has 2 aromatic rings. The minimum absolute atomic E-state index is 0.0408. The van der Waals surface area contributed by atoms with Crippen LogP contribution in [0.15, 0.2) is 48.5 Å². The Bertz CT molecular complexity index is 967. The van der Waals surface area contributed by atoms with E-state index in [0.717, 1.165) is 17.7 Å². The van der Waals surface area contributed by atoms with Gasteiger partial charge in [0.25, 0.3) is 5.91 Å². The average Bonchev–Trinajstić information content (AvgIpc) is 2.73. The first-order valence-corrected chi connectivity index (χ1v) is 11.0. The minimum atomic E-state index is -0.494. The zero-order valence-corrected chi connectivity index (χ0v) is 18.1. The van der Waals surface area contributed by atoms with Crippen molar-refractivity contribution in [1.82, 2.24) is 10.2 Å². The van der Waals surface area contributed by atoms with Crippen LogP contribution in [-0.2, 0) is 4.79 Å². The number of nitrogens with zero attached hydrogens (tertiary/aromatic N) is 1. The van der Waals surface area contributed by atoms with Crippen molar-refractivity contribution in [3.05, 3.63) is 65.5 Å². The summed E-state index contributed by atoms with van der Waals surface area (Å²) in [6.45, 7) is 4.92. The average molecular weight is 425 g/mol. The molecule has 1 N–H and O–H groups in total. The number of benzene rings is 2. The number of rotatable bonds is 4. The second-order valence-electron chi connectivity index (χ2n) is 8.92. The van der Waals surface area contributed by atoms with E-state index in [4.69, 9.17) is 4.74 Å². The normalized spacial score (nSPS) is 19.6. The van der Waals surface area contributed by atoms with Crippen molar-refractivity contribution < 1.29 is 18.7 Å². The molecule has 1 atom stereocenters. The predicted octanol–water partition coefficient (Wildman–Crippen LogP) is 4.28. The molecule has 0 radical (unpaired) electrons. The number of carbonyl (C=O) groups is 2. The van der Waals surface area contributed by atoms with Crippen LogP contribution in [0, 0.1) is 5.82 Å². The SMILES string of the molecule is CC(C)NC(=O)C[C@H]1CC2(CCN(C(=O)c3ccccc3F)CC2)Oc2ccccc21. The lowest BCUT2D eigenvalue weighted by atomic mass is 9.76. The second kappa shape index (κ2) is 8.69. The Morgan fingerprint density at radius 2 is 1.81 bits per heavy atom. The Labute approximate surface area is 182 Å². The summed E-state index contributed by atoms with van der Waals surface area (Å²) in [5.74, 6) is 0.158. The van der Waals surface area contributed by atoms with E-state index in [-0.39, 0.29) is 29.3 Å². The summed E-state index contributed by atoms with van der Waals surface area (Å²) >= 11 is 0. The van der Waals surface area contributed by atoms with Gasteiger partial charge in [0.2, 0.25) is 5.91 Å². The summed E-state index contributed by atoms with van der Waals surface area (Å²) in [4.78, 5) is 27.0. The highest BCUT2D eigenvalue weighted by atomic mass is 19.1. The van der Waals surface area contributed by atoms with Gasteiger partial charge in [0.05, 0.1) is 5.56 Å². The maximum Gasteiger partial charge on any atom is 0.256 e. The van der Waals surface area contributed by atoms with Crippen LogP contribution in [-0.4, -0.2) is 41.4 Å². The quantitative estimate of drug-likeness (QED) is 0.797. The summed E-state index contributed by atoms with van der Waals surface area (Å²) in [6, 6.07) is 14.1. The number of fused-ring (bicyclic) bond motifs is 1. The van der Waals surface area contributed by atoms with Crippen LogP contribution in [0.4, 0.5) is 4.39 Å². The molecule has 31 heavy (non-hydrogen) atoms. The van der Waals surface area contributed by atoms with E-state index in [1.54, 1.807) is 17.0 Å². The number of ether oxygens (including phenoxy) is 1. The summed E-state index contributed by atoms with van der Waals surface area (Å²) in [6.07, 6.45) is 2.46. The highest BCUT2D eigenvalue weighted by Gasteiger charge is 2.44. The highest BCUT2D eigenvalue weighted by Crippen LogP contribution is 2.46. The van der Waals surface area contributed by atoms with Crippen LogP contribution in [0.5, 0.6) is 5.75 Å². The number of likely N-dealkylation sites (tertiary alicyclic amines) is 1. The molecule has 164 valence electrons. The number of piperidine rings is 1. The van der Waals surface area contributed by atoms with Crippen LogP contribution < -0.4 is 10.1 Å². The van der Waals surface area contributed by atoms with E-state index in [2.05, 4.69) is 5.32 Å². The number of hydrogen-bond donors (Lipinski definition) is 1. The molecule has 0 bridgehead atoms. The number of nitrogens with one attached hydrogen (secondary N) is 1. The first-order valence-electron chi connectivity index (χ1n) is 11.0. The van der Waals surface area contributed by atoms with Crippen molar-refractivity contribution in [2.75, 3.05) is 13.1 Å². The van der Waals surface area contributed by atoms with E-state index in [1.165, 1.54) is 12.1 Å². The molecule has 2 aromatic carbocycles. The van der Waals surface area contributed by atoms with Crippen LogP contribution in [0.25, 0.3) is 0 Å². The van der Waals surface area contributed by atoms with Crippen molar-refractivity contribution in [3.8, 4) is 5.75 Å². The lowest BCUT2D eigenvalue weighted by molar-refractivity contribution is -0.122. The Morgan fingerprint density at radius 3 is 2.52 bits per heavy atom. The first kappa shape index (κ1) is 21.3. The molecular weight excluding hydrogens is 395 g/mol. The molecule has 1 fully saturated rings. The van der Waals surface area contributed by atoms with Gasteiger partial charge in [0.15, 0.2) is 0 Å². The fourth-order valence-corrected chi connectivity index (χ4v) is 4.76. The third kappa shape index (κ3) is 4.58. The Morgan fingerprint density at radius 1 is 1.13 bits per heavy atom. The van der Waals surface area contributed by atoms with E-state index < -0.39 is 11.4 Å². The summed E-state index contributed by atoms with van der Waals surface area (Å²) in [5, 5.41) is 2.99. The van der Waals surface area contributed by atoms with Gasteiger partial charge in [0, 0.05) is 44.3 Å². The van der Waals surface area contributed by atoms with Crippen LogP contribution >= 0.6 is 0 Å². The number of hydrogen-bond acceptors (Lipinski definition) is 3. The Hall–Kier alpha value is -2.89. The molecule has 0 saturated carbocycles.